The van der Waals surface area contributed by atoms with Crippen LogP contribution in [0.5, 0.6) is 0 Å². The minimum absolute atomic E-state index is 0.175. The second-order valence-corrected chi connectivity index (χ2v) is 6.20. The van der Waals surface area contributed by atoms with Crippen LogP contribution in [0.2, 0.25) is 0 Å². The van der Waals surface area contributed by atoms with Crippen molar-refractivity contribution in [3.63, 3.8) is 0 Å². The molecule has 88 valence electrons. The summed E-state index contributed by atoms with van der Waals surface area (Å²) in [5.74, 6) is 0. The zero-order valence-electron chi connectivity index (χ0n) is 10.5. The maximum absolute atomic E-state index is 4.73. The highest BCUT2D eigenvalue weighted by Crippen LogP contribution is 2.31. The summed E-state index contributed by atoms with van der Waals surface area (Å²) in [5, 5.41) is 4.73. The topological polar surface area (TPSA) is 21.1 Å². The van der Waals surface area contributed by atoms with Crippen molar-refractivity contribution in [2.75, 3.05) is 6.54 Å². The van der Waals surface area contributed by atoms with E-state index in [1.807, 2.05) is 0 Å². The monoisotopic (exact) mass is 219 g/mol. The third-order valence-corrected chi connectivity index (χ3v) is 3.66. The molecule has 0 aromatic carbocycles. The normalized spacial score (nSPS) is 22.2. The highest BCUT2D eigenvalue weighted by molar-refractivity contribution is 5.18. The lowest BCUT2D eigenvalue weighted by Crippen LogP contribution is -2.35. The summed E-state index contributed by atoms with van der Waals surface area (Å²) in [4.78, 5) is 2.61. The first kappa shape index (κ1) is 10.3. The van der Waals surface area contributed by atoms with Crippen LogP contribution in [0.15, 0.2) is 6.07 Å². The lowest BCUT2D eigenvalue weighted by molar-refractivity contribution is 0.203. The van der Waals surface area contributed by atoms with Gasteiger partial charge in [0.1, 0.15) is 0 Å². The van der Waals surface area contributed by atoms with Crippen LogP contribution in [0.4, 0.5) is 0 Å². The molecular formula is C13H21N3. The minimum Gasteiger partial charge on any atom is -0.293 e. The van der Waals surface area contributed by atoms with E-state index >= 15 is 0 Å². The van der Waals surface area contributed by atoms with Crippen LogP contribution >= 0.6 is 0 Å². The Kier molecular flexibility index (Phi) is 2.15. The summed E-state index contributed by atoms with van der Waals surface area (Å²) < 4.78 is 2.21. The Morgan fingerprint density at radius 3 is 2.62 bits per heavy atom. The van der Waals surface area contributed by atoms with Crippen molar-refractivity contribution in [3.8, 4) is 0 Å². The summed E-state index contributed by atoms with van der Waals surface area (Å²) in [6.07, 6.45) is 2.81. The number of rotatable bonds is 1. The zero-order chi connectivity index (χ0) is 11.3. The first-order valence-corrected chi connectivity index (χ1v) is 6.35. The number of fused-ring (bicyclic) bond motifs is 1. The van der Waals surface area contributed by atoms with Crippen molar-refractivity contribution in [2.45, 2.75) is 58.2 Å². The highest BCUT2D eigenvalue weighted by atomic mass is 15.4. The van der Waals surface area contributed by atoms with Gasteiger partial charge in [-0.05, 0) is 18.9 Å². The van der Waals surface area contributed by atoms with Gasteiger partial charge < -0.3 is 0 Å². The minimum atomic E-state index is 0.175. The van der Waals surface area contributed by atoms with Crippen LogP contribution < -0.4 is 0 Å². The summed E-state index contributed by atoms with van der Waals surface area (Å²) in [7, 11) is 0. The maximum atomic E-state index is 4.73. The molecule has 1 aromatic heterocycles. The van der Waals surface area contributed by atoms with Crippen LogP contribution in [-0.2, 0) is 18.5 Å². The van der Waals surface area contributed by atoms with E-state index in [2.05, 4.69) is 36.4 Å². The fourth-order valence-corrected chi connectivity index (χ4v) is 2.40. The van der Waals surface area contributed by atoms with Gasteiger partial charge in [0.05, 0.1) is 17.9 Å². The average Bonchev–Trinajstić information content (AvgIpc) is 2.95. The molecule has 1 fully saturated rings. The van der Waals surface area contributed by atoms with Gasteiger partial charge in [-0.15, -0.1) is 0 Å². The molecular weight excluding hydrogens is 198 g/mol. The molecule has 1 aromatic rings. The van der Waals surface area contributed by atoms with Gasteiger partial charge in [-0.2, -0.15) is 5.10 Å². The third kappa shape index (κ3) is 1.77. The predicted molar refractivity (Wildman–Crippen MR) is 64.4 cm³/mol. The van der Waals surface area contributed by atoms with Gasteiger partial charge in [-0.25, -0.2) is 0 Å². The molecule has 0 spiro atoms. The Hall–Kier alpha value is -0.830. The Balaban J connectivity index is 1.84. The predicted octanol–water partition coefficient (Wildman–Crippen LogP) is 2.16. The maximum Gasteiger partial charge on any atom is 0.0681 e. The second-order valence-electron chi connectivity index (χ2n) is 6.20. The van der Waals surface area contributed by atoms with Gasteiger partial charge >= 0.3 is 0 Å². The molecule has 0 amide bonds. The highest BCUT2D eigenvalue weighted by Gasteiger charge is 2.32. The fraction of sp³-hybridized carbons (Fsp3) is 0.769. The van der Waals surface area contributed by atoms with Crippen molar-refractivity contribution in [3.05, 3.63) is 17.5 Å². The lowest BCUT2D eigenvalue weighted by atomic mass is 9.92. The van der Waals surface area contributed by atoms with Crippen LogP contribution in [0, 0.1) is 0 Å². The van der Waals surface area contributed by atoms with E-state index in [-0.39, 0.29) is 5.41 Å². The summed E-state index contributed by atoms with van der Waals surface area (Å²) in [6, 6.07) is 3.18. The molecule has 3 nitrogen and oxygen atoms in total. The standard InChI is InChI=1S/C13H21N3/c1-13(2,3)12-8-11-9-15(10-4-5-10)6-7-16(11)14-12/h8,10H,4-7,9H2,1-3H3. The van der Waals surface area contributed by atoms with Gasteiger partial charge in [-0.1, -0.05) is 20.8 Å². The largest absolute Gasteiger partial charge is 0.293 e. The Bertz CT molecular complexity index is 396. The molecule has 2 heterocycles. The molecule has 3 heteroatoms. The molecule has 2 aliphatic rings. The molecule has 0 bridgehead atoms. The van der Waals surface area contributed by atoms with Crippen LogP contribution in [0.1, 0.15) is 45.0 Å². The molecule has 1 aliphatic heterocycles. The van der Waals surface area contributed by atoms with Crippen LogP contribution in [0.3, 0.4) is 0 Å². The quantitative estimate of drug-likeness (QED) is 0.721. The molecule has 0 unspecified atom stereocenters. The van der Waals surface area contributed by atoms with E-state index < -0.39 is 0 Å². The fourth-order valence-electron chi connectivity index (χ4n) is 2.40. The lowest BCUT2D eigenvalue weighted by Gasteiger charge is -2.27. The van der Waals surface area contributed by atoms with Crippen molar-refractivity contribution in [2.24, 2.45) is 0 Å². The van der Waals surface area contributed by atoms with Crippen LogP contribution in [0.25, 0.3) is 0 Å². The molecule has 16 heavy (non-hydrogen) atoms. The van der Waals surface area contributed by atoms with Crippen molar-refractivity contribution < 1.29 is 0 Å². The molecule has 0 atom stereocenters. The SMILES string of the molecule is CC(C)(C)c1cc2n(n1)CCN(C1CC1)C2. The average molecular weight is 219 g/mol. The number of aromatic nitrogens is 2. The molecule has 3 rings (SSSR count). The number of hydrogen-bond donors (Lipinski definition) is 0. The van der Waals surface area contributed by atoms with Crippen molar-refractivity contribution in [1.82, 2.24) is 14.7 Å². The van der Waals surface area contributed by atoms with Crippen LogP contribution in [-0.4, -0.2) is 27.3 Å². The Morgan fingerprint density at radius 1 is 1.25 bits per heavy atom. The smallest absolute Gasteiger partial charge is 0.0681 e. The van der Waals surface area contributed by atoms with E-state index in [1.165, 1.54) is 30.8 Å². The third-order valence-electron chi connectivity index (χ3n) is 3.66. The van der Waals surface area contributed by atoms with E-state index in [4.69, 9.17) is 5.10 Å². The Morgan fingerprint density at radius 2 is 2.00 bits per heavy atom. The van der Waals surface area contributed by atoms with Gasteiger partial charge in [-0.3, -0.25) is 9.58 Å². The number of hydrogen-bond acceptors (Lipinski definition) is 2. The van der Waals surface area contributed by atoms with Gasteiger partial charge in [0.2, 0.25) is 0 Å². The molecule has 1 saturated carbocycles. The first-order valence-electron chi connectivity index (χ1n) is 6.35. The summed E-state index contributed by atoms with van der Waals surface area (Å²) >= 11 is 0. The second kappa shape index (κ2) is 3.33. The molecule has 0 N–H and O–H groups in total. The number of nitrogens with zero attached hydrogens (tertiary/aromatic N) is 3. The summed E-state index contributed by atoms with van der Waals surface area (Å²) in [5.41, 5.74) is 2.82. The van der Waals surface area contributed by atoms with E-state index in [0.29, 0.717) is 0 Å². The van der Waals surface area contributed by atoms with Gasteiger partial charge in [0, 0.05) is 24.5 Å². The summed E-state index contributed by atoms with van der Waals surface area (Å²) in [6.45, 7) is 10.1. The van der Waals surface area contributed by atoms with E-state index in [0.717, 1.165) is 19.1 Å². The molecule has 1 aliphatic carbocycles. The van der Waals surface area contributed by atoms with Gasteiger partial charge in [0.15, 0.2) is 0 Å². The van der Waals surface area contributed by atoms with Gasteiger partial charge in [0.25, 0.3) is 0 Å². The Labute approximate surface area is 97.4 Å². The first-order chi connectivity index (χ1) is 7.54. The van der Waals surface area contributed by atoms with Crippen molar-refractivity contribution in [1.29, 1.82) is 0 Å². The molecule has 0 saturated heterocycles. The van der Waals surface area contributed by atoms with Crippen molar-refractivity contribution >= 4 is 0 Å². The van der Waals surface area contributed by atoms with E-state index in [1.54, 1.807) is 0 Å². The zero-order valence-corrected chi connectivity index (χ0v) is 10.5. The van der Waals surface area contributed by atoms with E-state index in [9.17, 15) is 0 Å². The molecule has 0 radical (unpaired) electrons.